The first-order chi connectivity index (χ1) is 12.7. The van der Waals surface area contributed by atoms with E-state index in [0.717, 1.165) is 16.9 Å². The molecule has 0 aliphatic rings. The van der Waals surface area contributed by atoms with Crippen molar-refractivity contribution in [3.8, 4) is 11.8 Å². The molecule has 6 heteroatoms. The Balaban J connectivity index is 1.77. The average Bonchev–Trinajstić information content (AvgIpc) is 3.08. The molecular weight excluding hydrogens is 350 g/mol. The molecule has 3 aromatic rings. The van der Waals surface area contributed by atoms with Crippen molar-refractivity contribution in [2.45, 2.75) is 6.54 Å². The van der Waals surface area contributed by atoms with Gasteiger partial charge < -0.3 is 14.5 Å². The lowest BCUT2D eigenvalue weighted by molar-refractivity contribution is 0.414. The van der Waals surface area contributed by atoms with Gasteiger partial charge in [-0.05, 0) is 23.8 Å². The molecule has 26 heavy (non-hydrogen) atoms. The van der Waals surface area contributed by atoms with Crippen LogP contribution in [0.3, 0.4) is 0 Å². The summed E-state index contributed by atoms with van der Waals surface area (Å²) < 4.78 is 11.0. The summed E-state index contributed by atoms with van der Waals surface area (Å²) in [7, 11) is 1.61. The minimum absolute atomic E-state index is 0.191. The van der Waals surface area contributed by atoms with Crippen molar-refractivity contribution >= 4 is 29.6 Å². The van der Waals surface area contributed by atoms with Gasteiger partial charge in [-0.3, -0.25) is 0 Å². The molecule has 1 aromatic heterocycles. The average molecular weight is 366 g/mol. The van der Waals surface area contributed by atoms with Gasteiger partial charge >= 0.3 is 0 Å². The third kappa shape index (κ3) is 4.05. The number of anilines is 1. The van der Waals surface area contributed by atoms with Gasteiger partial charge in [-0.25, -0.2) is 0 Å². The highest BCUT2D eigenvalue weighted by atomic mass is 35.5. The van der Waals surface area contributed by atoms with Crippen molar-refractivity contribution in [3.05, 3.63) is 76.3 Å². The number of methoxy groups -OCH3 is 1. The Hall–Kier alpha value is -3.23. The zero-order valence-electron chi connectivity index (χ0n) is 14.1. The third-order valence-electron chi connectivity index (χ3n) is 3.69. The minimum Gasteiger partial charge on any atom is -0.496 e. The maximum atomic E-state index is 9.27. The van der Waals surface area contributed by atoms with Crippen molar-refractivity contribution in [1.82, 2.24) is 4.98 Å². The number of hydrogen-bond donors (Lipinski definition) is 1. The predicted octanol–water partition coefficient (Wildman–Crippen LogP) is 4.99. The largest absolute Gasteiger partial charge is 0.496 e. The highest BCUT2D eigenvalue weighted by molar-refractivity contribution is 6.31. The fourth-order valence-corrected chi connectivity index (χ4v) is 2.59. The third-order valence-corrected chi connectivity index (χ3v) is 4.06. The van der Waals surface area contributed by atoms with Gasteiger partial charge in [0.15, 0.2) is 0 Å². The Bertz CT molecular complexity index is 973. The first kappa shape index (κ1) is 17.6. The quantitative estimate of drug-likeness (QED) is 0.666. The van der Waals surface area contributed by atoms with E-state index in [1.54, 1.807) is 13.2 Å². The molecule has 3 rings (SSSR count). The van der Waals surface area contributed by atoms with Crippen molar-refractivity contribution in [3.63, 3.8) is 0 Å². The monoisotopic (exact) mass is 365 g/mol. The number of hydrogen-bond acceptors (Lipinski definition) is 5. The van der Waals surface area contributed by atoms with E-state index in [1.165, 1.54) is 0 Å². The molecule has 0 saturated carbocycles. The molecule has 0 unspecified atom stereocenters. The summed E-state index contributed by atoms with van der Waals surface area (Å²) >= 11 is 6.14. The number of nitrogens with zero attached hydrogens (tertiary/aromatic N) is 2. The molecule has 2 aromatic carbocycles. The van der Waals surface area contributed by atoms with E-state index in [-0.39, 0.29) is 5.69 Å². The molecule has 0 aliphatic heterocycles. The van der Waals surface area contributed by atoms with Crippen LogP contribution in [0.1, 0.15) is 22.7 Å². The number of benzene rings is 2. The van der Waals surface area contributed by atoms with E-state index in [1.807, 2.05) is 60.7 Å². The maximum absolute atomic E-state index is 9.27. The highest BCUT2D eigenvalue weighted by Gasteiger charge is 2.12. The minimum atomic E-state index is 0.191. The second-order valence-corrected chi connectivity index (χ2v) is 5.77. The Morgan fingerprint density at radius 3 is 2.73 bits per heavy atom. The second kappa shape index (κ2) is 8.24. The van der Waals surface area contributed by atoms with E-state index in [0.29, 0.717) is 23.3 Å². The molecule has 0 aliphatic carbocycles. The maximum Gasteiger partial charge on any atom is 0.232 e. The van der Waals surface area contributed by atoms with Crippen molar-refractivity contribution in [2.75, 3.05) is 12.4 Å². The van der Waals surface area contributed by atoms with Gasteiger partial charge in [0.1, 0.15) is 11.8 Å². The molecule has 0 bridgehead atoms. The predicted molar refractivity (Wildman–Crippen MR) is 102 cm³/mol. The molecule has 0 spiro atoms. The van der Waals surface area contributed by atoms with Crippen LogP contribution < -0.4 is 10.1 Å². The Morgan fingerprint density at radius 2 is 1.96 bits per heavy atom. The van der Waals surface area contributed by atoms with Crippen molar-refractivity contribution in [1.29, 1.82) is 5.26 Å². The lowest BCUT2D eigenvalue weighted by atomic mass is 10.2. The molecule has 0 fully saturated rings. The van der Waals surface area contributed by atoms with Crippen LogP contribution in [0.4, 0.5) is 5.88 Å². The Labute approximate surface area is 156 Å². The topological polar surface area (TPSA) is 71.1 Å². The van der Waals surface area contributed by atoms with Crippen molar-refractivity contribution in [2.24, 2.45) is 0 Å². The lowest BCUT2D eigenvalue weighted by Crippen LogP contribution is -2.00. The van der Waals surface area contributed by atoms with Gasteiger partial charge in [-0.2, -0.15) is 10.2 Å². The molecule has 1 heterocycles. The van der Waals surface area contributed by atoms with E-state index in [4.69, 9.17) is 20.8 Å². The normalized spacial score (nSPS) is 10.7. The zero-order chi connectivity index (χ0) is 18.4. The molecular formula is C20H16ClN3O2. The van der Waals surface area contributed by atoms with Crippen LogP contribution in [-0.4, -0.2) is 12.1 Å². The number of nitrogens with one attached hydrogen (secondary N) is 1. The van der Waals surface area contributed by atoms with E-state index < -0.39 is 0 Å². The Kier molecular flexibility index (Phi) is 5.57. The summed E-state index contributed by atoms with van der Waals surface area (Å²) in [6.45, 7) is 0.430. The number of halogens is 1. The van der Waals surface area contributed by atoms with Crippen LogP contribution in [0, 0.1) is 11.3 Å². The van der Waals surface area contributed by atoms with Gasteiger partial charge in [-0.15, -0.1) is 0 Å². The summed E-state index contributed by atoms with van der Waals surface area (Å²) in [6, 6.07) is 17.1. The van der Waals surface area contributed by atoms with E-state index in [9.17, 15) is 5.26 Å². The fourth-order valence-electron chi connectivity index (χ4n) is 2.39. The summed E-state index contributed by atoms with van der Waals surface area (Å²) in [5.74, 6) is 1.38. The standard InChI is InChI=1S/C20H16ClN3O2/c1-25-18-9-5-3-6-14(18)10-11-19-24-17(12-22)20(26-19)23-13-15-7-2-4-8-16(15)21/h2-11,23H,13H2,1H3/b11-10+. The highest BCUT2D eigenvalue weighted by Crippen LogP contribution is 2.23. The van der Waals surface area contributed by atoms with Crippen LogP contribution >= 0.6 is 11.6 Å². The first-order valence-electron chi connectivity index (χ1n) is 7.90. The summed E-state index contributed by atoms with van der Waals surface area (Å²) in [5, 5.41) is 13.0. The number of ether oxygens (including phenoxy) is 1. The van der Waals surface area contributed by atoms with Crippen LogP contribution in [-0.2, 0) is 6.54 Å². The van der Waals surface area contributed by atoms with Gasteiger partial charge in [0.05, 0.1) is 7.11 Å². The number of aromatic nitrogens is 1. The summed E-state index contributed by atoms with van der Waals surface area (Å²) in [4.78, 5) is 4.18. The van der Waals surface area contributed by atoms with Crippen molar-refractivity contribution < 1.29 is 9.15 Å². The van der Waals surface area contributed by atoms with E-state index in [2.05, 4.69) is 10.3 Å². The number of oxazole rings is 1. The fraction of sp³-hybridized carbons (Fsp3) is 0.100. The molecule has 0 radical (unpaired) electrons. The van der Waals surface area contributed by atoms with Crippen LogP contribution in [0.5, 0.6) is 5.75 Å². The molecule has 0 atom stereocenters. The Morgan fingerprint density at radius 1 is 1.19 bits per heavy atom. The van der Waals surface area contributed by atoms with Gasteiger partial charge in [0.2, 0.25) is 17.5 Å². The lowest BCUT2D eigenvalue weighted by Gasteiger charge is -2.04. The summed E-state index contributed by atoms with van der Waals surface area (Å²) in [5.41, 5.74) is 1.98. The molecule has 0 saturated heterocycles. The van der Waals surface area contributed by atoms with Gasteiger partial charge in [-0.1, -0.05) is 48.0 Å². The molecule has 5 nitrogen and oxygen atoms in total. The molecule has 1 N–H and O–H groups in total. The van der Waals surface area contributed by atoms with Crippen LogP contribution in [0.25, 0.3) is 12.2 Å². The smallest absolute Gasteiger partial charge is 0.232 e. The number of para-hydroxylation sites is 1. The van der Waals surface area contributed by atoms with Gasteiger partial charge in [0.25, 0.3) is 0 Å². The van der Waals surface area contributed by atoms with Crippen LogP contribution in [0.2, 0.25) is 5.02 Å². The SMILES string of the molecule is COc1ccccc1/C=C/c1nc(C#N)c(NCc2ccccc2Cl)o1. The zero-order valence-corrected chi connectivity index (χ0v) is 14.8. The molecule has 0 amide bonds. The van der Waals surface area contributed by atoms with Gasteiger partial charge in [0, 0.05) is 23.2 Å². The summed E-state index contributed by atoms with van der Waals surface area (Å²) in [6.07, 6.45) is 3.52. The van der Waals surface area contributed by atoms with E-state index >= 15 is 0 Å². The number of rotatable bonds is 6. The first-order valence-corrected chi connectivity index (χ1v) is 8.28. The molecule has 130 valence electrons. The second-order valence-electron chi connectivity index (χ2n) is 5.36. The van der Waals surface area contributed by atoms with Crippen LogP contribution in [0.15, 0.2) is 52.9 Å². The number of nitriles is 1.